The maximum absolute atomic E-state index is 11.2. The molecule has 0 fully saturated rings. The first-order valence-corrected chi connectivity index (χ1v) is 3.92. The van der Waals surface area contributed by atoms with Crippen molar-refractivity contribution >= 4 is 12.1 Å². The Morgan fingerprint density at radius 2 is 2.08 bits per heavy atom. The summed E-state index contributed by atoms with van der Waals surface area (Å²) in [5, 5.41) is 0. The van der Waals surface area contributed by atoms with Crippen molar-refractivity contribution in [1.82, 2.24) is 0 Å². The summed E-state index contributed by atoms with van der Waals surface area (Å²) >= 11 is 0. The number of Topliss-reactive ketones (excluding diaryl/α,β-unsaturated/α-hetero) is 1. The van der Waals surface area contributed by atoms with Gasteiger partial charge in [0.15, 0.2) is 5.78 Å². The highest BCUT2D eigenvalue weighted by Gasteiger charge is 2.18. The second-order valence-electron chi connectivity index (χ2n) is 2.96. The van der Waals surface area contributed by atoms with Crippen LogP contribution in [0.1, 0.15) is 32.7 Å². The topological polar surface area (TPSA) is 34.1 Å². The minimum atomic E-state index is 0.161. The van der Waals surface area contributed by atoms with Crippen molar-refractivity contribution in [3.05, 3.63) is 34.9 Å². The first-order chi connectivity index (χ1) is 5.81. The number of carbonyl (C=O) groups is 2. The number of aldehydes is 1. The molecular formula is C10H8O2. The molecule has 0 bridgehead atoms. The molecule has 2 heteroatoms. The summed E-state index contributed by atoms with van der Waals surface area (Å²) in [6.07, 6.45) is 2.19. The van der Waals surface area contributed by atoms with Crippen LogP contribution in [-0.4, -0.2) is 12.1 Å². The molecule has 0 heterocycles. The molecule has 12 heavy (non-hydrogen) atoms. The van der Waals surface area contributed by atoms with Gasteiger partial charge in [0.25, 0.3) is 0 Å². The summed E-state index contributed by atoms with van der Waals surface area (Å²) in [5.74, 6) is 0.161. The van der Waals surface area contributed by atoms with Crippen molar-refractivity contribution in [3.63, 3.8) is 0 Å². The van der Waals surface area contributed by atoms with Gasteiger partial charge in [0.2, 0.25) is 0 Å². The first kappa shape index (κ1) is 7.22. The Kier molecular flexibility index (Phi) is 1.54. The van der Waals surface area contributed by atoms with Crippen LogP contribution in [0.2, 0.25) is 0 Å². The van der Waals surface area contributed by atoms with E-state index in [9.17, 15) is 9.59 Å². The van der Waals surface area contributed by atoms with Crippen LogP contribution in [0.15, 0.2) is 18.2 Å². The molecule has 1 aromatic carbocycles. The number of hydrogen-bond donors (Lipinski definition) is 0. The van der Waals surface area contributed by atoms with Crippen molar-refractivity contribution in [1.29, 1.82) is 0 Å². The van der Waals surface area contributed by atoms with Crippen molar-refractivity contribution in [2.75, 3.05) is 0 Å². The third-order valence-electron chi connectivity index (χ3n) is 2.19. The molecule has 0 aliphatic heterocycles. The fourth-order valence-corrected chi connectivity index (χ4v) is 1.53. The largest absolute Gasteiger partial charge is 0.298 e. The molecule has 0 N–H and O–H groups in total. The standard InChI is InChI=1S/C10H8O2/c11-6-7-1-2-8-3-4-10(12)9(8)5-7/h1-2,5-6H,3-4H2. The van der Waals surface area contributed by atoms with Crippen molar-refractivity contribution in [3.8, 4) is 0 Å². The Morgan fingerprint density at radius 1 is 1.25 bits per heavy atom. The monoisotopic (exact) mass is 160 g/mol. The Balaban J connectivity index is 2.57. The highest BCUT2D eigenvalue weighted by Crippen LogP contribution is 2.22. The van der Waals surface area contributed by atoms with Crippen LogP contribution in [0.4, 0.5) is 0 Å². The summed E-state index contributed by atoms with van der Waals surface area (Å²) in [6.45, 7) is 0. The molecule has 0 radical (unpaired) electrons. The van der Waals surface area contributed by atoms with Crippen LogP contribution < -0.4 is 0 Å². The third-order valence-corrected chi connectivity index (χ3v) is 2.19. The second-order valence-corrected chi connectivity index (χ2v) is 2.96. The molecule has 1 aliphatic carbocycles. The van der Waals surface area contributed by atoms with Gasteiger partial charge in [-0.2, -0.15) is 0 Å². The van der Waals surface area contributed by atoms with E-state index >= 15 is 0 Å². The van der Waals surface area contributed by atoms with E-state index in [1.165, 1.54) is 0 Å². The van der Waals surface area contributed by atoms with E-state index in [0.29, 0.717) is 12.0 Å². The number of ketones is 1. The molecule has 0 spiro atoms. The van der Waals surface area contributed by atoms with E-state index in [-0.39, 0.29) is 5.78 Å². The number of hydrogen-bond acceptors (Lipinski definition) is 2. The van der Waals surface area contributed by atoms with E-state index in [1.807, 2.05) is 6.07 Å². The van der Waals surface area contributed by atoms with E-state index in [1.54, 1.807) is 12.1 Å². The highest BCUT2D eigenvalue weighted by molar-refractivity contribution is 6.01. The molecule has 0 atom stereocenters. The molecule has 1 aliphatic rings. The number of rotatable bonds is 1. The fraction of sp³-hybridized carbons (Fsp3) is 0.200. The van der Waals surface area contributed by atoms with Gasteiger partial charge in [-0.1, -0.05) is 12.1 Å². The zero-order chi connectivity index (χ0) is 8.55. The van der Waals surface area contributed by atoms with E-state index in [0.717, 1.165) is 23.8 Å². The normalized spacial score (nSPS) is 14.5. The van der Waals surface area contributed by atoms with Crippen LogP contribution >= 0.6 is 0 Å². The summed E-state index contributed by atoms with van der Waals surface area (Å²) in [7, 11) is 0. The number of benzene rings is 1. The van der Waals surface area contributed by atoms with Gasteiger partial charge < -0.3 is 0 Å². The first-order valence-electron chi connectivity index (χ1n) is 3.92. The summed E-state index contributed by atoms with van der Waals surface area (Å²) < 4.78 is 0. The van der Waals surface area contributed by atoms with Gasteiger partial charge in [-0.05, 0) is 18.1 Å². The lowest BCUT2D eigenvalue weighted by atomic mass is 10.1. The minimum Gasteiger partial charge on any atom is -0.298 e. The van der Waals surface area contributed by atoms with Gasteiger partial charge in [-0.15, -0.1) is 0 Å². The Hall–Kier alpha value is -1.44. The molecular weight excluding hydrogens is 152 g/mol. The maximum Gasteiger partial charge on any atom is 0.163 e. The van der Waals surface area contributed by atoms with Crippen molar-refractivity contribution in [2.24, 2.45) is 0 Å². The molecule has 1 aromatic rings. The zero-order valence-electron chi connectivity index (χ0n) is 6.54. The lowest BCUT2D eigenvalue weighted by Crippen LogP contribution is -1.92. The van der Waals surface area contributed by atoms with E-state index in [2.05, 4.69) is 0 Å². The lowest BCUT2D eigenvalue weighted by Gasteiger charge is -1.96. The van der Waals surface area contributed by atoms with E-state index < -0.39 is 0 Å². The average molecular weight is 160 g/mol. The number of fused-ring (bicyclic) bond motifs is 1. The summed E-state index contributed by atoms with van der Waals surface area (Å²) in [6, 6.07) is 5.30. The van der Waals surface area contributed by atoms with Crippen LogP contribution in [0.5, 0.6) is 0 Å². The van der Waals surface area contributed by atoms with Crippen molar-refractivity contribution < 1.29 is 9.59 Å². The Morgan fingerprint density at radius 3 is 2.83 bits per heavy atom. The number of aryl methyl sites for hydroxylation is 1. The van der Waals surface area contributed by atoms with Crippen molar-refractivity contribution in [2.45, 2.75) is 12.8 Å². The molecule has 0 saturated carbocycles. The van der Waals surface area contributed by atoms with Gasteiger partial charge in [0, 0.05) is 17.5 Å². The van der Waals surface area contributed by atoms with Gasteiger partial charge in [0.05, 0.1) is 0 Å². The van der Waals surface area contributed by atoms with Gasteiger partial charge >= 0.3 is 0 Å². The smallest absolute Gasteiger partial charge is 0.163 e. The molecule has 0 amide bonds. The predicted molar refractivity (Wildman–Crippen MR) is 44.5 cm³/mol. The molecule has 0 aromatic heterocycles. The molecule has 2 rings (SSSR count). The van der Waals surface area contributed by atoms with E-state index in [4.69, 9.17) is 0 Å². The Labute approximate surface area is 70.2 Å². The van der Waals surface area contributed by atoms with Crippen LogP contribution in [0.25, 0.3) is 0 Å². The molecule has 60 valence electrons. The van der Waals surface area contributed by atoms with Gasteiger partial charge in [-0.3, -0.25) is 9.59 Å². The SMILES string of the molecule is O=Cc1ccc2c(c1)C(=O)CC2. The fourth-order valence-electron chi connectivity index (χ4n) is 1.53. The lowest BCUT2D eigenvalue weighted by molar-refractivity contribution is 0.0994. The zero-order valence-corrected chi connectivity index (χ0v) is 6.54. The maximum atomic E-state index is 11.2. The van der Waals surface area contributed by atoms with Crippen LogP contribution in [0.3, 0.4) is 0 Å². The molecule has 0 saturated heterocycles. The van der Waals surface area contributed by atoms with Crippen LogP contribution in [0, 0.1) is 0 Å². The molecule has 2 nitrogen and oxygen atoms in total. The third kappa shape index (κ3) is 0.961. The number of carbonyl (C=O) groups excluding carboxylic acids is 2. The summed E-state index contributed by atoms with van der Waals surface area (Å²) in [4.78, 5) is 21.6. The van der Waals surface area contributed by atoms with Gasteiger partial charge in [-0.25, -0.2) is 0 Å². The second kappa shape index (κ2) is 2.55. The average Bonchev–Trinajstić information content (AvgIpc) is 2.47. The van der Waals surface area contributed by atoms with Gasteiger partial charge in [0.1, 0.15) is 6.29 Å². The van der Waals surface area contributed by atoms with Crippen LogP contribution in [-0.2, 0) is 6.42 Å². The predicted octanol–water partition coefficient (Wildman–Crippen LogP) is 1.63. The minimum absolute atomic E-state index is 0.161. The molecule has 0 unspecified atom stereocenters. The Bertz CT molecular complexity index is 353. The summed E-state index contributed by atoms with van der Waals surface area (Å²) in [5.41, 5.74) is 2.40. The highest BCUT2D eigenvalue weighted by atomic mass is 16.1. The quantitative estimate of drug-likeness (QED) is 0.585.